The summed E-state index contributed by atoms with van der Waals surface area (Å²) in [6.07, 6.45) is 3.03. The molecule has 0 radical (unpaired) electrons. The molecule has 0 aromatic heterocycles. The van der Waals surface area contributed by atoms with E-state index in [-0.39, 0.29) is 17.5 Å². The van der Waals surface area contributed by atoms with E-state index < -0.39 is 0 Å². The lowest BCUT2D eigenvalue weighted by Gasteiger charge is -2.21. The maximum Gasteiger partial charge on any atom is 0.137 e. The van der Waals surface area contributed by atoms with Crippen molar-refractivity contribution in [2.24, 2.45) is 5.73 Å². The standard InChI is InChI=1S/C13H17BrFNO/c1-13(2,16)7-8-5-9(15)6-11(14)12(8)17-10-3-4-10/h5-6,10H,3-4,7,16H2,1-2H3. The van der Waals surface area contributed by atoms with Crippen LogP contribution in [0.4, 0.5) is 4.39 Å². The Labute approximate surface area is 109 Å². The first-order chi connectivity index (χ1) is 7.85. The van der Waals surface area contributed by atoms with E-state index >= 15 is 0 Å². The van der Waals surface area contributed by atoms with Gasteiger partial charge in [0.05, 0.1) is 10.6 Å². The number of rotatable bonds is 4. The van der Waals surface area contributed by atoms with E-state index in [1.165, 1.54) is 12.1 Å². The van der Waals surface area contributed by atoms with Crippen LogP contribution in [0.3, 0.4) is 0 Å². The fraction of sp³-hybridized carbons (Fsp3) is 0.538. The van der Waals surface area contributed by atoms with Crippen LogP contribution in [0.25, 0.3) is 0 Å². The van der Waals surface area contributed by atoms with Gasteiger partial charge in [0.2, 0.25) is 0 Å². The molecule has 1 aromatic rings. The maximum atomic E-state index is 13.4. The van der Waals surface area contributed by atoms with Gasteiger partial charge in [-0.15, -0.1) is 0 Å². The summed E-state index contributed by atoms with van der Waals surface area (Å²) in [5.41, 5.74) is 6.44. The molecule has 0 heterocycles. The van der Waals surface area contributed by atoms with Crippen LogP contribution in [0, 0.1) is 5.82 Å². The van der Waals surface area contributed by atoms with Crippen molar-refractivity contribution in [2.75, 3.05) is 0 Å². The Morgan fingerprint density at radius 1 is 1.47 bits per heavy atom. The number of hydrogen-bond acceptors (Lipinski definition) is 2. The Morgan fingerprint density at radius 2 is 2.12 bits per heavy atom. The number of hydrogen-bond donors (Lipinski definition) is 1. The molecule has 0 spiro atoms. The van der Waals surface area contributed by atoms with Crippen molar-refractivity contribution >= 4 is 15.9 Å². The van der Waals surface area contributed by atoms with E-state index in [1.807, 2.05) is 13.8 Å². The van der Waals surface area contributed by atoms with E-state index in [0.717, 1.165) is 24.2 Å². The number of halogens is 2. The van der Waals surface area contributed by atoms with Gasteiger partial charge in [0.1, 0.15) is 11.6 Å². The van der Waals surface area contributed by atoms with Gasteiger partial charge < -0.3 is 10.5 Å². The van der Waals surface area contributed by atoms with Gasteiger partial charge in [-0.3, -0.25) is 0 Å². The zero-order valence-electron chi connectivity index (χ0n) is 10.1. The minimum atomic E-state index is -0.380. The lowest BCUT2D eigenvalue weighted by molar-refractivity contribution is 0.295. The zero-order valence-corrected chi connectivity index (χ0v) is 11.7. The minimum Gasteiger partial charge on any atom is -0.489 e. The molecule has 1 fully saturated rings. The summed E-state index contributed by atoms with van der Waals surface area (Å²) in [7, 11) is 0. The monoisotopic (exact) mass is 301 g/mol. The van der Waals surface area contributed by atoms with Gasteiger partial charge in [-0.05, 0) is 61.2 Å². The molecular formula is C13H17BrFNO. The van der Waals surface area contributed by atoms with Crippen LogP contribution in [0.5, 0.6) is 5.75 Å². The van der Waals surface area contributed by atoms with Crippen LogP contribution in [0.2, 0.25) is 0 Å². The van der Waals surface area contributed by atoms with Crippen molar-refractivity contribution in [1.82, 2.24) is 0 Å². The molecule has 1 saturated carbocycles. The second kappa shape index (κ2) is 4.58. The van der Waals surface area contributed by atoms with E-state index in [0.29, 0.717) is 10.9 Å². The second-order valence-electron chi connectivity index (χ2n) is 5.36. The largest absolute Gasteiger partial charge is 0.489 e. The third-order valence-corrected chi connectivity index (χ3v) is 3.13. The van der Waals surface area contributed by atoms with Crippen molar-refractivity contribution in [3.63, 3.8) is 0 Å². The highest BCUT2D eigenvalue weighted by Gasteiger charge is 2.27. The van der Waals surface area contributed by atoms with Crippen molar-refractivity contribution in [3.8, 4) is 5.75 Å². The number of benzene rings is 1. The third-order valence-electron chi connectivity index (χ3n) is 2.54. The maximum absolute atomic E-state index is 13.4. The van der Waals surface area contributed by atoms with E-state index in [9.17, 15) is 4.39 Å². The van der Waals surface area contributed by atoms with E-state index in [2.05, 4.69) is 15.9 Å². The summed E-state index contributed by atoms with van der Waals surface area (Å²) in [5.74, 6) is 0.478. The fourth-order valence-electron chi connectivity index (χ4n) is 1.72. The first-order valence-electron chi connectivity index (χ1n) is 5.78. The van der Waals surface area contributed by atoms with Crippen LogP contribution < -0.4 is 10.5 Å². The summed E-state index contributed by atoms with van der Waals surface area (Å²) in [5, 5.41) is 0. The smallest absolute Gasteiger partial charge is 0.137 e. The highest BCUT2D eigenvalue weighted by Crippen LogP contribution is 2.36. The highest BCUT2D eigenvalue weighted by molar-refractivity contribution is 9.10. The Hall–Kier alpha value is -0.610. The van der Waals surface area contributed by atoms with Gasteiger partial charge in [0.25, 0.3) is 0 Å². The second-order valence-corrected chi connectivity index (χ2v) is 6.21. The van der Waals surface area contributed by atoms with E-state index in [4.69, 9.17) is 10.5 Å². The number of nitrogens with two attached hydrogens (primary N) is 1. The predicted molar refractivity (Wildman–Crippen MR) is 69.7 cm³/mol. The predicted octanol–water partition coefficient (Wildman–Crippen LogP) is 3.41. The molecule has 2 N–H and O–H groups in total. The molecule has 0 bridgehead atoms. The fourth-order valence-corrected chi connectivity index (χ4v) is 2.29. The highest BCUT2D eigenvalue weighted by atomic mass is 79.9. The van der Waals surface area contributed by atoms with Gasteiger partial charge in [0.15, 0.2) is 0 Å². The lowest BCUT2D eigenvalue weighted by Crippen LogP contribution is -2.34. The molecule has 1 aliphatic carbocycles. The molecule has 0 unspecified atom stereocenters. The van der Waals surface area contributed by atoms with E-state index in [1.54, 1.807) is 0 Å². The van der Waals surface area contributed by atoms with Gasteiger partial charge in [-0.1, -0.05) is 0 Å². The van der Waals surface area contributed by atoms with Crippen molar-refractivity contribution in [2.45, 2.75) is 44.8 Å². The van der Waals surface area contributed by atoms with Gasteiger partial charge in [-0.2, -0.15) is 0 Å². The molecule has 1 aliphatic rings. The van der Waals surface area contributed by atoms with Crippen molar-refractivity contribution in [1.29, 1.82) is 0 Å². The molecule has 0 saturated heterocycles. The first-order valence-corrected chi connectivity index (χ1v) is 6.58. The average molecular weight is 302 g/mol. The molecule has 17 heavy (non-hydrogen) atoms. The Balaban J connectivity index is 2.32. The van der Waals surface area contributed by atoms with Crippen molar-refractivity contribution < 1.29 is 9.13 Å². The Morgan fingerprint density at radius 3 is 2.65 bits per heavy atom. The van der Waals surface area contributed by atoms with Gasteiger partial charge in [-0.25, -0.2) is 4.39 Å². The lowest BCUT2D eigenvalue weighted by atomic mass is 9.95. The minimum absolute atomic E-state index is 0.265. The van der Waals surface area contributed by atoms with Crippen LogP contribution in [0.15, 0.2) is 16.6 Å². The molecule has 1 aromatic carbocycles. The summed E-state index contributed by atoms with van der Waals surface area (Å²) in [6.45, 7) is 3.85. The molecular weight excluding hydrogens is 285 g/mol. The van der Waals surface area contributed by atoms with Crippen molar-refractivity contribution in [3.05, 3.63) is 28.0 Å². The Bertz CT molecular complexity index is 424. The number of ether oxygens (including phenoxy) is 1. The third kappa shape index (κ3) is 3.68. The molecule has 0 aliphatic heterocycles. The van der Waals surface area contributed by atoms with Crippen LogP contribution in [-0.2, 0) is 6.42 Å². The normalized spacial score (nSPS) is 16.1. The molecule has 94 valence electrons. The quantitative estimate of drug-likeness (QED) is 0.925. The molecule has 0 atom stereocenters. The summed E-state index contributed by atoms with van der Waals surface area (Å²) in [4.78, 5) is 0. The molecule has 2 nitrogen and oxygen atoms in total. The summed E-state index contributed by atoms with van der Waals surface area (Å²) >= 11 is 3.36. The average Bonchev–Trinajstić information content (AvgIpc) is 2.91. The summed E-state index contributed by atoms with van der Waals surface area (Å²) < 4.78 is 19.9. The van der Waals surface area contributed by atoms with Crippen LogP contribution in [-0.4, -0.2) is 11.6 Å². The zero-order chi connectivity index (χ0) is 12.6. The first kappa shape index (κ1) is 12.8. The summed E-state index contributed by atoms with van der Waals surface area (Å²) in [6, 6.07) is 2.95. The Kier molecular flexibility index (Phi) is 3.46. The SMILES string of the molecule is CC(C)(N)Cc1cc(F)cc(Br)c1OC1CC1. The van der Waals surface area contributed by atoms with Gasteiger partial charge >= 0.3 is 0 Å². The topological polar surface area (TPSA) is 35.2 Å². The van der Waals surface area contributed by atoms with Crippen LogP contribution in [0.1, 0.15) is 32.3 Å². The molecule has 2 rings (SSSR count). The molecule has 4 heteroatoms. The van der Waals surface area contributed by atoms with Crippen LogP contribution >= 0.6 is 15.9 Å². The molecule has 0 amide bonds. The van der Waals surface area contributed by atoms with Gasteiger partial charge in [0, 0.05) is 11.1 Å².